The number of hydrogen-bond donors (Lipinski definition) is 2. The number of rotatable bonds is 7. The molecule has 0 saturated carbocycles. The molecule has 3 nitrogen and oxygen atoms in total. The molecule has 1 heterocycles. The molecule has 1 aliphatic heterocycles. The molecule has 0 aromatic carbocycles. The molecule has 0 spiro atoms. The summed E-state index contributed by atoms with van der Waals surface area (Å²) < 4.78 is 0. The van der Waals surface area contributed by atoms with Crippen molar-refractivity contribution in [3.05, 3.63) is 0 Å². The standard InChI is InChI=1S/C15H32N2O/c1-6-8-16-13(3)15(4,5)11-17-9-7-12(2)14(17)10-18/h12-14,16,18H,6-11H2,1-5H3. The van der Waals surface area contributed by atoms with Gasteiger partial charge in [-0.2, -0.15) is 0 Å². The van der Waals surface area contributed by atoms with Crippen LogP contribution in [0.15, 0.2) is 0 Å². The summed E-state index contributed by atoms with van der Waals surface area (Å²) >= 11 is 0. The molecule has 1 aliphatic rings. The van der Waals surface area contributed by atoms with Crippen LogP contribution in [0.5, 0.6) is 0 Å². The van der Waals surface area contributed by atoms with Crippen LogP contribution in [0.1, 0.15) is 47.5 Å². The molecule has 1 saturated heterocycles. The van der Waals surface area contributed by atoms with Gasteiger partial charge in [-0.3, -0.25) is 4.90 Å². The molecule has 18 heavy (non-hydrogen) atoms. The van der Waals surface area contributed by atoms with Crippen LogP contribution >= 0.6 is 0 Å². The molecular weight excluding hydrogens is 224 g/mol. The second-order valence-electron chi connectivity index (χ2n) is 6.65. The summed E-state index contributed by atoms with van der Waals surface area (Å²) in [5.41, 5.74) is 0.243. The molecule has 0 aromatic rings. The third kappa shape index (κ3) is 3.94. The number of aliphatic hydroxyl groups excluding tert-OH is 1. The normalized spacial score (nSPS) is 27.7. The van der Waals surface area contributed by atoms with E-state index in [0.717, 1.165) is 19.6 Å². The van der Waals surface area contributed by atoms with Crippen molar-refractivity contribution in [2.24, 2.45) is 11.3 Å². The van der Waals surface area contributed by atoms with Crippen molar-refractivity contribution >= 4 is 0 Å². The highest BCUT2D eigenvalue weighted by Crippen LogP contribution is 2.29. The maximum absolute atomic E-state index is 9.53. The molecule has 3 atom stereocenters. The second-order valence-corrected chi connectivity index (χ2v) is 6.65. The van der Waals surface area contributed by atoms with Crippen LogP contribution in [0.4, 0.5) is 0 Å². The first-order valence-electron chi connectivity index (χ1n) is 7.50. The molecule has 0 aliphatic carbocycles. The highest BCUT2D eigenvalue weighted by Gasteiger charge is 2.36. The fourth-order valence-corrected chi connectivity index (χ4v) is 2.88. The van der Waals surface area contributed by atoms with Crippen LogP contribution in [0.2, 0.25) is 0 Å². The van der Waals surface area contributed by atoms with Gasteiger partial charge in [0.1, 0.15) is 0 Å². The molecule has 3 unspecified atom stereocenters. The molecule has 0 amide bonds. The lowest BCUT2D eigenvalue weighted by Gasteiger charge is -2.38. The predicted molar refractivity (Wildman–Crippen MR) is 77.8 cm³/mol. The summed E-state index contributed by atoms with van der Waals surface area (Å²) in [7, 11) is 0. The Kier molecular flexibility index (Phi) is 6.09. The van der Waals surface area contributed by atoms with E-state index in [9.17, 15) is 5.11 Å². The molecule has 108 valence electrons. The third-order valence-electron chi connectivity index (χ3n) is 4.67. The highest BCUT2D eigenvalue weighted by molar-refractivity contribution is 4.90. The van der Waals surface area contributed by atoms with Crippen molar-refractivity contribution in [3.8, 4) is 0 Å². The van der Waals surface area contributed by atoms with E-state index in [1.54, 1.807) is 0 Å². The monoisotopic (exact) mass is 256 g/mol. The van der Waals surface area contributed by atoms with Crippen molar-refractivity contribution in [2.75, 3.05) is 26.2 Å². The lowest BCUT2D eigenvalue weighted by molar-refractivity contribution is 0.0880. The molecule has 1 fully saturated rings. The summed E-state index contributed by atoms with van der Waals surface area (Å²) in [6.45, 7) is 15.0. The molecular formula is C15H32N2O. The second kappa shape index (κ2) is 6.88. The van der Waals surface area contributed by atoms with E-state index in [0.29, 0.717) is 24.6 Å². The van der Waals surface area contributed by atoms with E-state index in [-0.39, 0.29) is 5.41 Å². The van der Waals surface area contributed by atoms with Crippen molar-refractivity contribution < 1.29 is 5.11 Å². The Bertz CT molecular complexity index is 243. The minimum atomic E-state index is 0.243. The largest absolute Gasteiger partial charge is 0.395 e. The van der Waals surface area contributed by atoms with Crippen LogP contribution in [-0.2, 0) is 0 Å². The summed E-state index contributed by atoms with van der Waals surface area (Å²) in [6, 6.07) is 0.871. The van der Waals surface area contributed by atoms with Crippen molar-refractivity contribution in [3.63, 3.8) is 0 Å². The zero-order valence-electron chi connectivity index (χ0n) is 12.9. The van der Waals surface area contributed by atoms with Gasteiger partial charge in [0.2, 0.25) is 0 Å². The van der Waals surface area contributed by atoms with Gasteiger partial charge < -0.3 is 10.4 Å². The number of likely N-dealkylation sites (tertiary alicyclic amines) is 1. The SMILES string of the molecule is CCCNC(C)C(C)(C)CN1CCC(C)C1CO. The van der Waals surface area contributed by atoms with E-state index < -0.39 is 0 Å². The van der Waals surface area contributed by atoms with Crippen LogP contribution < -0.4 is 5.32 Å². The Labute approximate surface area is 113 Å². The van der Waals surface area contributed by atoms with Gasteiger partial charge in [-0.25, -0.2) is 0 Å². The molecule has 0 bridgehead atoms. The predicted octanol–water partition coefficient (Wildman–Crippen LogP) is 2.10. The van der Waals surface area contributed by atoms with E-state index in [2.05, 4.69) is 44.8 Å². The minimum absolute atomic E-state index is 0.243. The first kappa shape index (κ1) is 15.9. The van der Waals surface area contributed by atoms with Crippen LogP contribution in [-0.4, -0.2) is 48.3 Å². The summed E-state index contributed by atoms with van der Waals surface area (Å²) in [4.78, 5) is 2.48. The molecule has 2 N–H and O–H groups in total. The van der Waals surface area contributed by atoms with Crippen molar-refractivity contribution in [1.82, 2.24) is 10.2 Å². The van der Waals surface area contributed by atoms with Gasteiger partial charge in [0.05, 0.1) is 6.61 Å². The Morgan fingerprint density at radius 1 is 1.44 bits per heavy atom. The quantitative estimate of drug-likeness (QED) is 0.732. The topological polar surface area (TPSA) is 35.5 Å². The zero-order valence-corrected chi connectivity index (χ0v) is 12.9. The minimum Gasteiger partial charge on any atom is -0.395 e. The fraction of sp³-hybridized carbons (Fsp3) is 1.00. The maximum Gasteiger partial charge on any atom is 0.0589 e. The fourth-order valence-electron chi connectivity index (χ4n) is 2.88. The molecule has 1 rings (SSSR count). The third-order valence-corrected chi connectivity index (χ3v) is 4.67. The summed E-state index contributed by atoms with van der Waals surface area (Å²) in [5, 5.41) is 13.1. The van der Waals surface area contributed by atoms with Gasteiger partial charge in [-0.05, 0) is 44.2 Å². The van der Waals surface area contributed by atoms with Crippen LogP contribution in [0, 0.1) is 11.3 Å². The molecule has 3 heteroatoms. The molecule has 0 radical (unpaired) electrons. The zero-order chi connectivity index (χ0) is 13.8. The van der Waals surface area contributed by atoms with Crippen molar-refractivity contribution in [2.45, 2.75) is 59.5 Å². The van der Waals surface area contributed by atoms with E-state index in [1.165, 1.54) is 12.8 Å². The van der Waals surface area contributed by atoms with E-state index >= 15 is 0 Å². The number of hydrogen-bond acceptors (Lipinski definition) is 3. The smallest absolute Gasteiger partial charge is 0.0589 e. The Morgan fingerprint density at radius 3 is 2.67 bits per heavy atom. The maximum atomic E-state index is 9.53. The Balaban J connectivity index is 2.53. The number of nitrogens with zero attached hydrogens (tertiary/aromatic N) is 1. The Hall–Kier alpha value is -0.120. The Morgan fingerprint density at radius 2 is 2.11 bits per heavy atom. The number of nitrogens with one attached hydrogen (secondary N) is 1. The molecule has 0 aromatic heterocycles. The summed E-state index contributed by atoms with van der Waals surface area (Å²) in [5.74, 6) is 0.629. The first-order chi connectivity index (χ1) is 8.42. The van der Waals surface area contributed by atoms with E-state index in [1.807, 2.05) is 0 Å². The highest BCUT2D eigenvalue weighted by atomic mass is 16.3. The number of aliphatic hydroxyl groups is 1. The van der Waals surface area contributed by atoms with Gasteiger partial charge in [0.15, 0.2) is 0 Å². The van der Waals surface area contributed by atoms with Crippen molar-refractivity contribution in [1.29, 1.82) is 0 Å². The van der Waals surface area contributed by atoms with Gasteiger partial charge >= 0.3 is 0 Å². The van der Waals surface area contributed by atoms with Gasteiger partial charge in [-0.1, -0.05) is 27.7 Å². The average molecular weight is 256 g/mol. The van der Waals surface area contributed by atoms with E-state index in [4.69, 9.17) is 0 Å². The van der Waals surface area contributed by atoms with Crippen LogP contribution in [0.25, 0.3) is 0 Å². The first-order valence-corrected chi connectivity index (χ1v) is 7.50. The van der Waals surface area contributed by atoms with Crippen LogP contribution in [0.3, 0.4) is 0 Å². The van der Waals surface area contributed by atoms with Gasteiger partial charge in [0.25, 0.3) is 0 Å². The average Bonchev–Trinajstić information content (AvgIpc) is 2.65. The van der Waals surface area contributed by atoms with Gasteiger partial charge in [0, 0.05) is 18.6 Å². The lowest BCUT2D eigenvalue weighted by atomic mass is 9.84. The van der Waals surface area contributed by atoms with Gasteiger partial charge in [-0.15, -0.1) is 0 Å². The summed E-state index contributed by atoms with van der Waals surface area (Å²) in [6.07, 6.45) is 2.40. The lowest BCUT2D eigenvalue weighted by Crippen LogP contribution is -2.49.